The first-order valence-corrected chi connectivity index (χ1v) is 11.3. The summed E-state index contributed by atoms with van der Waals surface area (Å²) < 4.78 is 6.64. The number of nitrogens with zero attached hydrogens (tertiary/aromatic N) is 7. The van der Waals surface area contributed by atoms with E-state index >= 15 is 0 Å². The zero-order chi connectivity index (χ0) is 22.1. The Balaban J connectivity index is 1.48. The number of aromatic nitrogens is 6. The van der Waals surface area contributed by atoms with Gasteiger partial charge in [0.1, 0.15) is 5.82 Å². The van der Waals surface area contributed by atoms with Gasteiger partial charge in [-0.05, 0) is 20.0 Å². The van der Waals surface area contributed by atoms with Gasteiger partial charge in [-0.1, -0.05) is 0 Å². The Kier molecular flexibility index (Phi) is 5.68. The van der Waals surface area contributed by atoms with Crippen molar-refractivity contribution in [1.29, 1.82) is 0 Å². The molecule has 4 aromatic heterocycles. The van der Waals surface area contributed by atoms with E-state index in [4.69, 9.17) is 20.4 Å². The molecule has 11 heteroatoms. The topological polar surface area (TPSA) is 122 Å². The van der Waals surface area contributed by atoms with Crippen molar-refractivity contribution in [1.82, 2.24) is 34.8 Å². The van der Waals surface area contributed by atoms with Crippen LogP contribution in [0.25, 0.3) is 21.6 Å². The lowest BCUT2D eigenvalue weighted by molar-refractivity contribution is 0.122. The number of nitrogens with one attached hydrogen (secondary N) is 1. The maximum Gasteiger partial charge on any atom is 0.219 e. The maximum absolute atomic E-state index is 5.65. The Hall–Kier alpha value is -3.15. The summed E-state index contributed by atoms with van der Waals surface area (Å²) in [6.07, 6.45) is 5.22. The molecule has 1 aliphatic rings. The fourth-order valence-electron chi connectivity index (χ4n) is 3.78. The van der Waals surface area contributed by atoms with Crippen LogP contribution in [-0.2, 0) is 17.8 Å². The predicted octanol–water partition coefficient (Wildman–Crippen LogP) is 2.23. The molecule has 1 fully saturated rings. The number of nitrogens with two attached hydrogens (primary N) is 1. The van der Waals surface area contributed by atoms with Crippen molar-refractivity contribution in [3.63, 3.8) is 0 Å². The Morgan fingerprint density at radius 3 is 2.62 bits per heavy atom. The number of ether oxygens (including phenoxy) is 1. The molecule has 0 saturated carbocycles. The zero-order valence-electron chi connectivity index (χ0n) is 18.1. The van der Waals surface area contributed by atoms with Crippen molar-refractivity contribution >= 4 is 33.3 Å². The van der Waals surface area contributed by atoms with E-state index in [2.05, 4.69) is 42.8 Å². The standard InChI is InChI=1S/C21H25N9OS/c1-13-23-10-15(26-13)11-29(2)12-16-7-17-18(32-16)20(30-3-5-31-6-4-30)28-19(27-17)14-8-24-21(22)25-9-14/h7-10H,3-6,11-12H2,1-2H3,(H,23,26)(H2,22,24,25). The molecule has 0 spiro atoms. The van der Waals surface area contributed by atoms with Gasteiger partial charge in [-0.25, -0.2) is 24.9 Å². The summed E-state index contributed by atoms with van der Waals surface area (Å²) in [5.41, 5.74) is 8.43. The van der Waals surface area contributed by atoms with Crippen LogP contribution in [0.15, 0.2) is 24.7 Å². The first-order chi connectivity index (χ1) is 15.5. The van der Waals surface area contributed by atoms with Gasteiger partial charge in [0, 0.05) is 55.3 Å². The second-order valence-corrected chi connectivity index (χ2v) is 9.03. The van der Waals surface area contributed by atoms with Crippen molar-refractivity contribution in [2.24, 2.45) is 0 Å². The Morgan fingerprint density at radius 2 is 1.91 bits per heavy atom. The highest BCUT2D eigenvalue weighted by atomic mass is 32.1. The summed E-state index contributed by atoms with van der Waals surface area (Å²) in [5, 5.41) is 0. The summed E-state index contributed by atoms with van der Waals surface area (Å²) in [6, 6.07) is 2.15. The number of thiophene rings is 1. The number of hydrogen-bond donors (Lipinski definition) is 2. The number of morpholine rings is 1. The second kappa shape index (κ2) is 8.77. The number of fused-ring (bicyclic) bond motifs is 1. The molecule has 3 N–H and O–H groups in total. The predicted molar refractivity (Wildman–Crippen MR) is 124 cm³/mol. The number of aryl methyl sites for hydroxylation is 1. The second-order valence-electron chi connectivity index (χ2n) is 7.89. The van der Waals surface area contributed by atoms with E-state index in [0.29, 0.717) is 19.0 Å². The number of anilines is 2. The zero-order valence-corrected chi connectivity index (χ0v) is 18.9. The van der Waals surface area contributed by atoms with E-state index in [-0.39, 0.29) is 5.95 Å². The first-order valence-electron chi connectivity index (χ1n) is 10.5. The first kappa shape index (κ1) is 20.7. The molecule has 0 atom stereocenters. The van der Waals surface area contributed by atoms with Crippen molar-refractivity contribution in [2.45, 2.75) is 20.0 Å². The third kappa shape index (κ3) is 4.40. The monoisotopic (exact) mass is 451 g/mol. The Bertz CT molecular complexity index is 1210. The largest absolute Gasteiger partial charge is 0.378 e. The molecule has 0 unspecified atom stereocenters. The SMILES string of the molecule is Cc1ncc(CN(C)Cc2cc3nc(-c4cnc(N)nc4)nc(N4CCOCC4)c3s2)[nH]1. The third-order valence-electron chi connectivity index (χ3n) is 5.27. The number of H-pyrrole nitrogens is 1. The quantitative estimate of drug-likeness (QED) is 0.454. The number of rotatable bonds is 6. The molecular weight excluding hydrogens is 426 g/mol. The molecule has 1 saturated heterocycles. The van der Waals surface area contributed by atoms with Crippen LogP contribution in [0.1, 0.15) is 16.4 Å². The molecule has 5 rings (SSSR count). The van der Waals surface area contributed by atoms with Crippen LogP contribution < -0.4 is 10.6 Å². The van der Waals surface area contributed by atoms with Crippen LogP contribution in [0, 0.1) is 6.92 Å². The van der Waals surface area contributed by atoms with E-state index in [1.54, 1.807) is 23.7 Å². The number of imidazole rings is 1. The lowest BCUT2D eigenvalue weighted by Crippen LogP contribution is -2.36. The molecule has 1 aliphatic heterocycles. The molecule has 0 aromatic carbocycles. The fraction of sp³-hybridized carbons (Fsp3) is 0.381. The van der Waals surface area contributed by atoms with Crippen LogP contribution >= 0.6 is 11.3 Å². The van der Waals surface area contributed by atoms with Crippen LogP contribution in [0.2, 0.25) is 0 Å². The van der Waals surface area contributed by atoms with E-state index in [0.717, 1.165) is 59.3 Å². The molecular formula is C21H25N9OS. The van der Waals surface area contributed by atoms with E-state index in [9.17, 15) is 0 Å². The number of nitrogen functional groups attached to an aromatic ring is 1. The Morgan fingerprint density at radius 1 is 1.12 bits per heavy atom. The van der Waals surface area contributed by atoms with Gasteiger partial charge < -0.3 is 20.4 Å². The summed E-state index contributed by atoms with van der Waals surface area (Å²) in [7, 11) is 2.10. The third-order valence-corrected chi connectivity index (χ3v) is 6.37. The van der Waals surface area contributed by atoms with E-state index in [1.165, 1.54) is 4.88 Å². The molecule has 32 heavy (non-hydrogen) atoms. The average Bonchev–Trinajstić information content (AvgIpc) is 3.39. The molecule has 0 aliphatic carbocycles. The number of aromatic amines is 1. The highest BCUT2D eigenvalue weighted by Gasteiger charge is 2.21. The maximum atomic E-state index is 5.65. The highest BCUT2D eigenvalue weighted by Crippen LogP contribution is 2.34. The van der Waals surface area contributed by atoms with Gasteiger partial charge in [0.2, 0.25) is 5.95 Å². The van der Waals surface area contributed by atoms with Crippen molar-refractivity contribution in [3.8, 4) is 11.4 Å². The van der Waals surface area contributed by atoms with Gasteiger partial charge in [0.05, 0.1) is 29.0 Å². The lowest BCUT2D eigenvalue weighted by Gasteiger charge is -2.28. The number of hydrogen-bond acceptors (Lipinski definition) is 10. The normalized spacial score (nSPS) is 14.5. The van der Waals surface area contributed by atoms with Crippen LogP contribution in [0.4, 0.5) is 11.8 Å². The van der Waals surface area contributed by atoms with Gasteiger partial charge >= 0.3 is 0 Å². The van der Waals surface area contributed by atoms with Crippen molar-refractivity contribution in [3.05, 3.63) is 41.1 Å². The lowest BCUT2D eigenvalue weighted by atomic mass is 10.3. The molecule has 166 valence electrons. The fourth-order valence-corrected chi connectivity index (χ4v) is 4.97. The highest BCUT2D eigenvalue weighted by molar-refractivity contribution is 7.19. The minimum atomic E-state index is 0.233. The summed E-state index contributed by atoms with van der Waals surface area (Å²) >= 11 is 1.74. The van der Waals surface area contributed by atoms with Gasteiger partial charge in [-0.3, -0.25) is 4.90 Å². The summed E-state index contributed by atoms with van der Waals surface area (Å²) in [5.74, 6) is 2.70. The minimum absolute atomic E-state index is 0.233. The minimum Gasteiger partial charge on any atom is -0.378 e. The van der Waals surface area contributed by atoms with Crippen LogP contribution in [0.5, 0.6) is 0 Å². The average molecular weight is 452 g/mol. The smallest absolute Gasteiger partial charge is 0.219 e. The summed E-state index contributed by atoms with van der Waals surface area (Å²) in [4.78, 5) is 31.3. The van der Waals surface area contributed by atoms with Gasteiger partial charge in [0.25, 0.3) is 0 Å². The van der Waals surface area contributed by atoms with Crippen molar-refractivity contribution in [2.75, 3.05) is 44.0 Å². The van der Waals surface area contributed by atoms with Gasteiger partial charge in [-0.15, -0.1) is 11.3 Å². The molecule has 0 radical (unpaired) electrons. The van der Waals surface area contributed by atoms with E-state index < -0.39 is 0 Å². The van der Waals surface area contributed by atoms with E-state index in [1.807, 2.05) is 13.1 Å². The van der Waals surface area contributed by atoms with Gasteiger partial charge in [0.15, 0.2) is 11.6 Å². The molecule has 4 aromatic rings. The molecule has 10 nitrogen and oxygen atoms in total. The summed E-state index contributed by atoms with van der Waals surface area (Å²) in [6.45, 7) is 6.55. The molecule has 0 amide bonds. The Labute approximate surface area is 189 Å². The van der Waals surface area contributed by atoms with Crippen LogP contribution in [-0.4, -0.2) is 68.2 Å². The van der Waals surface area contributed by atoms with Crippen LogP contribution in [0.3, 0.4) is 0 Å². The van der Waals surface area contributed by atoms with Gasteiger partial charge in [-0.2, -0.15) is 0 Å². The van der Waals surface area contributed by atoms with Crippen molar-refractivity contribution < 1.29 is 4.74 Å². The molecule has 0 bridgehead atoms. The molecule has 5 heterocycles.